The number of carbonyl (C=O) groups excluding carboxylic acids is 1. The summed E-state index contributed by atoms with van der Waals surface area (Å²) in [7, 11) is 0. The van der Waals surface area contributed by atoms with Gasteiger partial charge in [-0.3, -0.25) is 10.1 Å². The number of rotatable bonds is 5. The van der Waals surface area contributed by atoms with E-state index in [0.29, 0.717) is 5.69 Å². The van der Waals surface area contributed by atoms with Gasteiger partial charge in [-0.1, -0.05) is 0 Å². The Bertz CT molecular complexity index is 921. The molecule has 2 aromatic rings. The molecule has 0 aromatic heterocycles. The number of benzene rings is 2. The molecule has 0 saturated carbocycles. The zero-order valence-corrected chi connectivity index (χ0v) is 15.0. The Morgan fingerprint density at radius 3 is 2.75 bits per heavy atom. The third-order valence-electron chi connectivity index (χ3n) is 4.60. The molecule has 1 N–H and O–H groups in total. The lowest BCUT2D eigenvalue weighted by molar-refractivity contribution is -0.385. The maximum absolute atomic E-state index is 14.3. The number of aliphatic hydroxyl groups is 1. The Morgan fingerprint density at radius 1 is 1.32 bits per heavy atom. The monoisotopic (exact) mass is 392 g/mol. The van der Waals surface area contributed by atoms with E-state index in [-0.39, 0.29) is 30.7 Å². The van der Waals surface area contributed by atoms with Crippen LogP contribution in [-0.2, 0) is 4.74 Å². The molecule has 0 aliphatic carbocycles. The first kappa shape index (κ1) is 19.7. The van der Waals surface area contributed by atoms with E-state index >= 15 is 0 Å². The molecule has 28 heavy (non-hydrogen) atoms. The summed E-state index contributed by atoms with van der Waals surface area (Å²) in [6, 6.07) is 6.21. The van der Waals surface area contributed by atoms with Crippen LogP contribution in [0.4, 0.5) is 20.2 Å². The van der Waals surface area contributed by atoms with Gasteiger partial charge in [0, 0.05) is 23.9 Å². The molecule has 2 atom stereocenters. The van der Waals surface area contributed by atoms with Gasteiger partial charge in [0.15, 0.2) is 0 Å². The summed E-state index contributed by atoms with van der Waals surface area (Å²) < 4.78 is 32.8. The fourth-order valence-corrected chi connectivity index (χ4v) is 3.40. The van der Waals surface area contributed by atoms with E-state index in [1.54, 1.807) is 11.8 Å². The lowest BCUT2D eigenvalue weighted by Gasteiger charge is -2.27. The number of anilines is 1. The molecule has 1 fully saturated rings. The summed E-state index contributed by atoms with van der Waals surface area (Å²) in [6.07, 6.45) is -0.666. The highest BCUT2D eigenvalue weighted by Crippen LogP contribution is 2.39. The molecule has 0 spiro atoms. The predicted molar refractivity (Wildman–Crippen MR) is 96.1 cm³/mol. The van der Waals surface area contributed by atoms with Gasteiger partial charge >= 0.3 is 5.97 Å². The van der Waals surface area contributed by atoms with Crippen molar-refractivity contribution in [1.82, 2.24) is 0 Å². The van der Waals surface area contributed by atoms with Crippen molar-refractivity contribution in [2.75, 3.05) is 18.1 Å². The molecule has 0 radical (unpaired) electrons. The Hall–Kier alpha value is -3.07. The molecule has 9 heteroatoms. The Morgan fingerprint density at radius 2 is 2.07 bits per heavy atom. The number of carbonyl (C=O) groups is 1. The molecule has 7 nitrogen and oxygen atoms in total. The van der Waals surface area contributed by atoms with E-state index in [0.717, 1.165) is 24.3 Å². The highest BCUT2D eigenvalue weighted by atomic mass is 19.1. The van der Waals surface area contributed by atoms with Crippen LogP contribution in [0.5, 0.6) is 0 Å². The van der Waals surface area contributed by atoms with Crippen LogP contribution in [0, 0.1) is 21.7 Å². The third-order valence-corrected chi connectivity index (χ3v) is 4.60. The number of halogens is 2. The van der Waals surface area contributed by atoms with Gasteiger partial charge in [-0.2, -0.15) is 0 Å². The summed E-state index contributed by atoms with van der Waals surface area (Å²) in [5.74, 6) is -2.10. The molecular weight excluding hydrogens is 374 g/mol. The van der Waals surface area contributed by atoms with Crippen LogP contribution in [0.25, 0.3) is 0 Å². The Labute approximate surface area is 159 Å². The first-order valence-electron chi connectivity index (χ1n) is 8.67. The number of ether oxygens (including phenoxy) is 1. The van der Waals surface area contributed by atoms with E-state index in [2.05, 4.69) is 0 Å². The van der Waals surface area contributed by atoms with Gasteiger partial charge < -0.3 is 14.7 Å². The number of nitrogens with zero attached hydrogens (tertiary/aromatic N) is 2. The highest BCUT2D eigenvalue weighted by Gasteiger charge is 2.35. The minimum Gasteiger partial charge on any atom is -0.462 e. The number of β-amino-alcohol motifs (C(OH)–C–C–N with tert-alkyl or cyclic N) is 1. The van der Waals surface area contributed by atoms with E-state index in [1.165, 1.54) is 12.1 Å². The molecule has 2 aromatic carbocycles. The van der Waals surface area contributed by atoms with Crippen molar-refractivity contribution in [2.45, 2.75) is 25.5 Å². The quantitative estimate of drug-likeness (QED) is 0.477. The Kier molecular flexibility index (Phi) is 5.55. The highest BCUT2D eigenvalue weighted by molar-refractivity contribution is 5.95. The average molecular weight is 392 g/mol. The van der Waals surface area contributed by atoms with Crippen LogP contribution in [0.2, 0.25) is 0 Å². The number of nitro benzene ring substituents is 1. The number of nitro groups is 1. The first-order chi connectivity index (χ1) is 13.3. The van der Waals surface area contributed by atoms with Crippen LogP contribution >= 0.6 is 0 Å². The van der Waals surface area contributed by atoms with E-state index in [9.17, 15) is 28.8 Å². The molecule has 1 aliphatic rings. The fraction of sp³-hybridized carbons (Fsp3) is 0.316. The topological polar surface area (TPSA) is 92.9 Å². The standard InChI is InChI=1S/C19H18F2N2O5/c1-2-28-19(25)15-8-12(4-6-17(15)23(26)27)22-10-13(24)9-18(22)14-7-11(20)3-5-16(14)21/h3-8,13,18,24H,2,9-10H2,1H3. The van der Waals surface area contributed by atoms with Crippen LogP contribution < -0.4 is 4.90 Å². The molecular formula is C19H18F2N2O5. The van der Waals surface area contributed by atoms with Crippen molar-refractivity contribution in [3.8, 4) is 0 Å². The van der Waals surface area contributed by atoms with Crippen molar-refractivity contribution < 1.29 is 28.3 Å². The van der Waals surface area contributed by atoms with Gasteiger partial charge in [0.05, 0.1) is 23.7 Å². The minimum absolute atomic E-state index is 0.0414. The number of aliphatic hydroxyl groups excluding tert-OH is 1. The predicted octanol–water partition coefficient (Wildman–Crippen LogP) is 3.36. The molecule has 3 rings (SSSR count). The van der Waals surface area contributed by atoms with Crippen molar-refractivity contribution in [3.63, 3.8) is 0 Å². The van der Waals surface area contributed by atoms with Crippen molar-refractivity contribution in [1.29, 1.82) is 0 Å². The maximum Gasteiger partial charge on any atom is 0.345 e. The molecule has 0 amide bonds. The normalized spacial score (nSPS) is 18.9. The van der Waals surface area contributed by atoms with Gasteiger partial charge in [-0.25, -0.2) is 13.6 Å². The first-order valence-corrected chi connectivity index (χ1v) is 8.67. The van der Waals surface area contributed by atoms with Gasteiger partial charge in [-0.05, 0) is 43.7 Å². The van der Waals surface area contributed by atoms with Crippen LogP contribution in [0.3, 0.4) is 0 Å². The third kappa shape index (κ3) is 3.79. The second-order valence-electron chi connectivity index (χ2n) is 6.40. The van der Waals surface area contributed by atoms with E-state index < -0.39 is 40.4 Å². The zero-order valence-electron chi connectivity index (χ0n) is 15.0. The SMILES string of the molecule is CCOC(=O)c1cc(N2CC(O)CC2c2cc(F)ccc2F)ccc1[N+](=O)[O-]. The van der Waals surface area contributed by atoms with Gasteiger partial charge in [-0.15, -0.1) is 0 Å². The molecule has 2 unspecified atom stereocenters. The molecule has 1 aliphatic heterocycles. The number of hydrogen-bond donors (Lipinski definition) is 1. The lowest BCUT2D eigenvalue weighted by atomic mass is 10.0. The van der Waals surface area contributed by atoms with E-state index in [1.807, 2.05) is 0 Å². The van der Waals surface area contributed by atoms with E-state index in [4.69, 9.17) is 4.74 Å². The second kappa shape index (κ2) is 7.89. The van der Waals surface area contributed by atoms with Crippen molar-refractivity contribution >= 4 is 17.3 Å². The van der Waals surface area contributed by atoms with Gasteiger partial charge in [0.2, 0.25) is 0 Å². The van der Waals surface area contributed by atoms with Crippen LogP contribution in [0.1, 0.15) is 35.3 Å². The summed E-state index contributed by atoms with van der Waals surface area (Å²) in [6.45, 7) is 1.72. The van der Waals surface area contributed by atoms with Crippen molar-refractivity contribution in [2.24, 2.45) is 0 Å². The molecule has 0 bridgehead atoms. The maximum atomic E-state index is 14.3. The summed E-state index contributed by atoms with van der Waals surface area (Å²) in [5.41, 5.74) is -0.244. The van der Waals surface area contributed by atoms with Gasteiger partial charge in [0.25, 0.3) is 5.69 Å². The summed E-state index contributed by atoms with van der Waals surface area (Å²) in [5, 5.41) is 21.3. The summed E-state index contributed by atoms with van der Waals surface area (Å²) >= 11 is 0. The smallest absolute Gasteiger partial charge is 0.345 e. The zero-order chi connectivity index (χ0) is 20.4. The lowest BCUT2D eigenvalue weighted by Crippen LogP contribution is -2.25. The van der Waals surface area contributed by atoms with Gasteiger partial charge in [0.1, 0.15) is 17.2 Å². The molecule has 1 heterocycles. The number of hydrogen-bond acceptors (Lipinski definition) is 6. The largest absolute Gasteiger partial charge is 0.462 e. The average Bonchev–Trinajstić information content (AvgIpc) is 3.04. The van der Waals surface area contributed by atoms with Crippen LogP contribution in [0.15, 0.2) is 36.4 Å². The molecule has 1 saturated heterocycles. The molecule has 148 valence electrons. The summed E-state index contributed by atoms with van der Waals surface area (Å²) in [4.78, 5) is 24.3. The number of esters is 1. The van der Waals surface area contributed by atoms with Crippen molar-refractivity contribution in [3.05, 3.63) is 69.3 Å². The second-order valence-corrected chi connectivity index (χ2v) is 6.40. The van der Waals surface area contributed by atoms with Crippen LogP contribution in [-0.4, -0.2) is 35.3 Å². The minimum atomic E-state index is -0.857. The fourth-order valence-electron chi connectivity index (χ4n) is 3.40. The Balaban J connectivity index is 2.05.